The zero-order valence-electron chi connectivity index (χ0n) is 12.6. The molecule has 3 rings (SSSR count). The quantitative estimate of drug-likeness (QED) is 0.905. The number of piperazine rings is 1. The van der Waals surface area contributed by atoms with Crippen LogP contribution in [0.15, 0.2) is 12.4 Å². The summed E-state index contributed by atoms with van der Waals surface area (Å²) >= 11 is 0. The SMILES string of the molecule is CCn1cc(CN2C(=O)C3(CCCC3)NC(=O)C2C)cn1. The van der Waals surface area contributed by atoms with Crippen LogP contribution >= 0.6 is 0 Å². The highest BCUT2D eigenvalue weighted by Crippen LogP contribution is 2.35. The van der Waals surface area contributed by atoms with Gasteiger partial charge >= 0.3 is 0 Å². The van der Waals surface area contributed by atoms with Crippen LogP contribution in [-0.2, 0) is 22.7 Å². The van der Waals surface area contributed by atoms with Crippen LogP contribution in [0.4, 0.5) is 0 Å². The summed E-state index contributed by atoms with van der Waals surface area (Å²) in [4.78, 5) is 26.8. The predicted octanol–water partition coefficient (Wildman–Crippen LogP) is 1.06. The number of carbonyl (C=O) groups excluding carboxylic acids is 2. The van der Waals surface area contributed by atoms with E-state index in [0.29, 0.717) is 6.54 Å². The van der Waals surface area contributed by atoms with E-state index in [1.807, 2.05) is 17.8 Å². The molecule has 1 aromatic heterocycles. The van der Waals surface area contributed by atoms with Crippen LogP contribution in [0, 0.1) is 0 Å². The van der Waals surface area contributed by atoms with Crippen LogP contribution in [0.25, 0.3) is 0 Å². The number of nitrogens with one attached hydrogen (secondary N) is 1. The summed E-state index contributed by atoms with van der Waals surface area (Å²) in [5.41, 5.74) is 0.324. The van der Waals surface area contributed by atoms with Crippen LogP contribution < -0.4 is 5.32 Å². The maximum atomic E-state index is 12.9. The highest BCUT2D eigenvalue weighted by atomic mass is 16.2. The molecule has 0 bridgehead atoms. The van der Waals surface area contributed by atoms with Gasteiger partial charge in [0, 0.05) is 24.8 Å². The Kier molecular flexibility index (Phi) is 3.47. The van der Waals surface area contributed by atoms with Gasteiger partial charge in [0.25, 0.3) is 0 Å². The maximum absolute atomic E-state index is 12.9. The molecule has 1 unspecified atom stereocenters. The molecule has 2 heterocycles. The summed E-state index contributed by atoms with van der Waals surface area (Å²) in [7, 11) is 0. The number of nitrogens with zero attached hydrogens (tertiary/aromatic N) is 3. The van der Waals surface area contributed by atoms with E-state index in [0.717, 1.165) is 37.8 Å². The monoisotopic (exact) mass is 290 g/mol. The molecule has 1 spiro atoms. The van der Waals surface area contributed by atoms with Crippen LogP contribution in [0.2, 0.25) is 0 Å². The van der Waals surface area contributed by atoms with Crippen LogP contribution in [0.5, 0.6) is 0 Å². The van der Waals surface area contributed by atoms with Crippen molar-refractivity contribution in [1.82, 2.24) is 20.0 Å². The third-order valence-electron chi connectivity index (χ3n) is 4.70. The number of hydrogen-bond donors (Lipinski definition) is 1. The van der Waals surface area contributed by atoms with Gasteiger partial charge in [-0.2, -0.15) is 5.10 Å². The Morgan fingerprint density at radius 3 is 2.71 bits per heavy atom. The molecule has 6 nitrogen and oxygen atoms in total. The van der Waals surface area contributed by atoms with Gasteiger partial charge < -0.3 is 10.2 Å². The van der Waals surface area contributed by atoms with Crippen molar-refractivity contribution in [3.63, 3.8) is 0 Å². The summed E-state index contributed by atoms with van der Waals surface area (Å²) in [6.07, 6.45) is 7.24. The molecule has 114 valence electrons. The van der Waals surface area contributed by atoms with E-state index in [9.17, 15) is 9.59 Å². The molecular weight excluding hydrogens is 268 g/mol. The first-order valence-electron chi connectivity index (χ1n) is 7.70. The van der Waals surface area contributed by atoms with Crippen LogP contribution in [0.3, 0.4) is 0 Å². The molecule has 1 saturated carbocycles. The lowest BCUT2D eigenvalue weighted by molar-refractivity contribution is -0.154. The minimum Gasteiger partial charge on any atom is -0.340 e. The number of carbonyl (C=O) groups is 2. The third kappa shape index (κ3) is 2.32. The van der Waals surface area contributed by atoms with E-state index < -0.39 is 11.6 Å². The molecule has 21 heavy (non-hydrogen) atoms. The molecule has 6 heteroatoms. The molecule has 2 amide bonds. The van der Waals surface area contributed by atoms with E-state index in [1.54, 1.807) is 18.0 Å². The van der Waals surface area contributed by atoms with Gasteiger partial charge in [0.05, 0.1) is 6.20 Å². The highest BCUT2D eigenvalue weighted by Gasteiger charge is 2.50. The van der Waals surface area contributed by atoms with Gasteiger partial charge in [-0.1, -0.05) is 12.8 Å². The van der Waals surface area contributed by atoms with Crippen molar-refractivity contribution in [2.24, 2.45) is 0 Å². The third-order valence-corrected chi connectivity index (χ3v) is 4.70. The van der Waals surface area contributed by atoms with Crippen LogP contribution in [0.1, 0.15) is 45.1 Å². The Bertz CT molecular complexity index is 560. The smallest absolute Gasteiger partial charge is 0.249 e. The van der Waals surface area contributed by atoms with E-state index in [1.165, 1.54) is 0 Å². The molecular formula is C15H22N4O2. The molecule has 0 radical (unpaired) electrons. The van der Waals surface area contributed by atoms with Crippen LogP contribution in [-0.4, -0.2) is 38.1 Å². The van der Waals surface area contributed by atoms with Gasteiger partial charge in [0.2, 0.25) is 11.8 Å². The molecule has 1 aliphatic carbocycles. The molecule has 0 aromatic carbocycles. The highest BCUT2D eigenvalue weighted by molar-refractivity contribution is 5.99. The molecule has 1 atom stereocenters. The van der Waals surface area contributed by atoms with Gasteiger partial charge in [-0.05, 0) is 26.7 Å². The lowest BCUT2D eigenvalue weighted by atomic mass is 9.91. The van der Waals surface area contributed by atoms with Crippen molar-refractivity contribution >= 4 is 11.8 Å². The van der Waals surface area contributed by atoms with Crippen molar-refractivity contribution in [2.75, 3.05) is 0 Å². The minimum absolute atomic E-state index is 0.0422. The summed E-state index contributed by atoms with van der Waals surface area (Å²) in [5.74, 6) is 0.0238. The standard InChI is InChI=1S/C15H22N4O2/c1-3-18-9-12(8-16-18)10-19-11(2)13(20)17-15(14(19)21)6-4-5-7-15/h8-9,11H,3-7,10H2,1-2H3,(H,17,20). The molecule has 1 saturated heterocycles. The first kappa shape index (κ1) is 14.1. The summed E-state index contributed by atoms with van der Waals surface area (Å²) < 4.78 is 1.83. The Hall–Kier alpha value is -1.85. The van der Waals surface area contributed by atoms with E-state index in [-0.39, 0.29) is 11.8 Å². The molecule has 2 aliphatic rings. The Morgan fingerprint density at radius 1 is 1.38 bits per heavy atom. The van der Waals surface area contributed by atoms with Crippen molar-refractivity contribution in [3.8, 4) is 0 Å². The van der Waals surface area contributed by atoms with Crippen molar-refractivity contribution in [2.45, 2.75) is 64.2 Å². The molecule has 1 aliphatic heterocycles. The van der Waals surface area contributed by atoms with Crippen molar-refractivity contribution in [1.29, 1.82) is 0 Å². The zero-order chi connectivity index (χ0) is 15.0. The fourth-order valence-electron chi connectivity index (χ4n) is 3.37. The molecule has 2 fully saturated rings. The number of aromatic nitrogens is 2. The normalized spacial score (nSPS) is 24.7. The zero-order valence-corrected chi connectivity index (χ0v) is 12.6. The number of aryl methyl sites for hydroxylation is 1. The second-order valence-corrected chi connectivity index (χ2v) is 6.09. The summed E-state index contributed by atoms with van der Waals surface area (Å²) in [6.45, 7) is 5.06. The van der Waals surface area contributed by atoms with E-state index >= 15 is 0 Å². The second-order valence-electron chi connectivity index (χ2n) is 6.09. The van der Waals surface area contributed by atoms with E-state index in [2.05, 4.69) is 10.4 Å². The molecule has 1 aromatic rings. The number of hydrogen-bond acceptors (Lipinski definition) is 3. The fourth-order valence-corrected chi connectivity index (χ4v) is 3.37. The van der Waals surface area contributed by atoms with Gasteiger partial charge in [-0.25, -0.2) is 0 Å². The average Bonchev–Trinajstić information content (AvgIpc) is 3.11. The maximum Gasteiger partial charge on any atom is 0.249 e. The predicted molar refractivity (Wildman–Crippen MR) is 77.3 cm³/mol. The van der Waals surface area contributed by atoms with Gasteiger partial charge in [0.1, 0.15) is 11.6 Å². The minimum atomic E-state index is -0.648. The van der Waals surface area contributed by atoms with Gasteiger partial charge in [-0.3, -0.25) is 14.3 Å². The Labute approximate surface area is 124 Å². The van der Waals surface area contributed by atoms with Gasteiger partial charge in [0.15, 0.2) is 0 Å². The summed E-state index contributed by atoms with van der Waals surface area (Å²) in [6, 6.07) is -0.422. The van der Waals surface area contributed by atoms with Crippen molar-refractivity contribution in [3.05, 3.63) is 18.0 Å². The summed E-state index contributed by atoms with van der Waals surface area (Å²) in [5, 5.41) is 7.21. The lowest BCUT2D eigenvalue weighted by Crippen LogP contribution is -2.68. The second kappa shape index (κ2) is 5.16. The van der Waals surface area contributed by atoms with E-state index in [4.69, 9.17) is 0 Å². The number of amides is 2. The molecule has 1 N–H and O–H groups in total. The van der Waals surface area contributed by atoms with Gasteiger partial charge in [-0.15, -0.1) is 0 Å². The van der Waals surface area contributed by atoms with Crippen molar-refractivity contribution < 1.29 is 9.59 Å². The fraction of sp³-hybridized carbons (Fsp3) is 0.667. The largest absolute Gasteiger partial charge is 0.340 e. The first-order valence-corrected chi connectivity index (χ1v) is 7.70. The lowest BCUT2D eigenvalue weighted by Gasteiger charge is -2.43. The number of rotatable bonds is 3. The topological polar surface area (TPSA) is 67.2 Å². The Morgan fingerprint density at radius 2 is 2.10 bits per heavy atom. The first-order chi connectivity index (χ1) is 10.1. The average molecular weight is 290 g/mol. The Balaban J connectivity index is 1.84.